The van der Waals surface area contributed by atoms with E-state index < -0.39 is 0 Å². The minimum atomic E-state index is -0.113. The standard InChI is InChI=1S/C12H14N2OS/c13-8-2-3-10-9(6-8)14-11(15)12(7-16-10)4-1-5-12/h2-3,6H,1,4-5,7,13H2,(H,14,15). The van der Waals surface area contributed by atoms with E-state index in [1.807, 2.05) is 18.2 Å². The summed E-state index contributed by atoms with van der Waals surface area (Å²) in [6, 6.07) is 5.72. The van der Waals surface area contributed by atoms with Gasteiger partial charge in [-0.05, 0) is 31.0 Å². The minimum absolute atomic E-state index is 0.113. The maximum atomic E-state index is 12.1. The highest BCUT2D eigenvalue weighted by molar-refractivity contribution is 7.99. The van der Waals surface area contributed by atoms with Gasteiger partial charge < -0.3 is 11.1 Å². The minimum Gasteiger partial charge on any atom is -0.399 e. The molecule has 3 nitrogen and oxygen atoms in total. The smallest absolute Gasteiger partial charge is 0.231 e. The number of carbonyl (C=O) groups is 1. The molecule has 16 heavy (non-hydrogen) atoms. The van der Waals surface area contributed by atoms with Crippen molar-refractivity contribution in [3.63, 3.8) is 0 Å². The third-order valence-electron chi connectivity index (χ3n) is 3.55. The fourth-order valence-corrected chi connectivity index (χ4v) is 3.56. The normalized spacial score (nSPS) is 21.9. The molecule has 1 aliphatic carbocycles. The van der Waals surface area contributed by atoms with Crippen molar-refractivity contribution < 1.29 is 4.79 Å². The van der Waals surface area contributed by atoms with Crippen LogP contribution in [0, 0.1) is 5.41 Å². The van der Waals surface area contributed by atoms with E-state index in [2.05, 4.69) is 5.32 Å². The van der Waals surface area contributed by atoms with Gasteiger partial charge in [-0.1, -0.05) is 6.42 Å². The monoisotopic (exact) mass is 234 g/mol. The van der Waals surface area contributed by atoms with E-state index >= 15 is 0 Å². The summed E-state index contributed by atoms with van der Waals surface area (Å²) in [6.45, 7) is 0. The van der Waals surface area contributed by atoms with Crippen LogP contribution in [0.15, 0.2) is 23.1 Å². The molecule has 84 valence electrons. The number of fused-ring (bicyclic) bond motifs is 1. The molecular weight excluding hydrogens is 220 g/mol. The van der Waals surface area contributed by atoms with Gasteiger partial charge in [-0.2, -0.15) is 0 Å². The predicted octanol–water partition coefficient (Wildman–Crippen LogP) is 2.48. The van der Waals surface area contributed by atoms with Gasteiger partial charge in [-0.15, -0.1) is 11.8 Å². The van der Waals surface area contributed by atoms with Gasteiger partial charge in [-0.3, -0.25) is 4.79 Å². The zero-order valence-electron chi connectivity index (χ0n) is 8.95. The first-order valence-corrected chi connectivity index (χ1v) is 6.52. The second-order valence-corrected chi connectivity index (χ2v) is 5.65. The summed E-state index contributed by atoms with van der Waals surface area (Å²) in [5, 5.41) is 3.02. The highest BCUT2D eigenvalue weighted by Gasteiger charge is 2.45. The number of nitrogen functional groups attached to an aromatic ring is 1. The highest BCUT2D eigenvalue weighted by Crippen LogP contribution is 2.48. The predicted molar refractivity (Wildman–Crippen MR) is 66.5 cm³/mol. The largest absolute Gasteiger partial charge is 0.399 e. The number of carbonyl (C=O) groups excluding carboxylic acids is 1. The van der Waals surface area contributed by atoms with Gasteiger partial charge >= 0.3 is 0 Å². The number of amides is 1. The summed E-state index contributed by atoms with van der Waals surface area (Å²) in [4.78, 5) is 13.3. The topological polar surface area (TPSA) is 55.1 Å². The van der Waals surface area contributed by atoms with Crippen LogP contribution in [0.1, 0.15) is 19.3 Å². The molecule has 1 aromatic rings. The quantitative estimate of drug-likeness (QED) is 0.678. The second-order valence-electron chi connectivity index (χ2n) is 4.63. The van der Waals surface area contributed by atoms with Gasteiger partial charge in [0.15, 0.2) is 0 Å². The number of nitrogens with one attached hydrogen (secondary N) is 1. The lowest BCUT2D eigenvalue weighted by Crippen LogP contribution is -2.43. The molecule has 2 aliphatic rings. The molecule has 1 heterocycles. The lowest BCUT2D eigenvalue weighted by molar-refractivity contribution is -0.128. The van der Waals surface area contributed by atoms with E-state index in [0.717, 1.165) is 29.2 Å². The molecule has 0 radical (unpaired) electrons. The lowest BCUT2D eigenvalue weighted by atomic mass is 9.69. The first kappa shape index (κ1) is 10.0. The maximum Gasteiger partial charge on any atom is 0.231 e. The Balaban J connectivity index is 1.97. The van der Waals surface area contributed by atoms with Crippen molar-refractivity contribution in [2.75, 3.05) is 16.8 Å². The molecule has 1 fully saturated rings. The van der Waals surface area contributed by atoms with Crippen molar-refractivity contribution in [2.45, 2.75) is 24.2 Å². The molecule has 1 aliphatic heterocycles. The SMILES string of the molecule is Nc1ccc2c(c1)NC(=O)C1(CCC1)CS2. The zero-order chi connectivity index (χ0) is 11.2. The zero-order valence-corrected chi connectivity index (χ0v) is 9.77. The number of rotatable bonds is 0. The summed E-state index contributed by atoms with van der Waals surface area (Å²) in [6.07, 6.45) is 3.22. The Morgan fingerprint density at radius 3 is 2.88 bits per heavy atom. The first-order chi connectivity index (χ1) is 7.70. The molecule has 0 unspecified atom stereocenters. The Hall–Kier alpha value is -1.16. The van der Waals surface area contributed by atoms with Crippen LogP contribution in [-0.4, -0.2) is 11.7 Å². The third-order valence-corrected chi connectivity index (χ3v) is 4.91. The molecule has 1 amide bonds. The Morgan fingerprint density at radius 2 is 2.19 bits per heavy atom. The van der Waals surface area contributed by atoms with E-state index in [4.69, 9.17) is 5.73 Å². The molecule has 4 heteroatoms. The van der Waals surface area contributed by atoms with E-state index in [-0.39, 0.29) is 11.3 Å². The summed E-state index contributed by atoms with van der Waals surface area (Å²) < 4.78 is 0. The first-order valence-electron chi connectivity index (χ1n) is 5.53. The van der Waals surface area contributed by atoms with Crippen molar-refractivity contribution in [1.29, 1.82) is 0 Å². The van der Waals surface area contributed by atoms with Crippen LogP contribution < -0.4 is 11.1 Å². The summed E-state index contributed by atoms with van der Waals surface area (Å²) in [7, 11) is 0. The van der Waals surface area contributed by atoms with Crippen LogP contribution >= 0.6 is 11.8 Å². The van der Waals surface area contributed by atoms with E-state index in [1.165, 1.54) is 6.42 Å². The Morgan fingerprint density at radius 1 is 1.38 bits per heavy atom. The fourth-order valence-electron chi connectivity index (χ4n) is 2.28. The van der Waals surface area contributed by atoms with E-state index in [0.29, 0.717) is 5.69 Å². The number of nitrogens with two attached hydrogens (primary N) is 1. The Kier molecular flexibility index (Phi) is 2.14. The molecule has 1 aromatic carbocycles. The molecule has 0 aromatic heterocycles. The van der Waals surface area contributed by atoms with Crippen molar-refractivity contribution in [1.82, 2.24) is 0 Å². The number of thioether (sulfide) groups is 1. The maximum absolute atomic E-state index is 12.1. The van der Waals surface area contributed by atoms with Crippen LogP contribution in [0.2, 0.25) is 0 Å². The molecule has 0 saturated heterocycles. The van der Waals surface area contributed by atoms with Crippen molar-refractivity contribution >= 4 is 29.0 Å². The summed E-state index contributed by atoms with van der Waals surface area (Å²) >= 11 is 1.77. The van der Waals surface area contributed by atoms with Gasteiger partial charge in [0, 0.05) is 16.3 Å². The van der Waals surface area contributed by atoms with Crippen LogP contribution in [-0.2, 0) is 4.79 Å². The van der Waals surface area contributed by atoms with Crippen molar-refractivity contribution in [2.24, 2.45) is 5.41 Å². The molecule has 0 atom stereocenters. The lowest BCUT2D eigenvalue weighted by Gasteiger charge is -2.38. The van der Waals surface area contributed by atoms with Crippen LogP contribution in [0.4, 0.5) is 11.4 Å². The summed E-state index contributed by atoms with van der Waals surface area (Å²) in [5.74, 6) is 1.08. The van der Waals surface area contributed by atoms with Gasteiger partial charge in [0.1, 0.15) is 0 Å². The van der Waals surface area contributed by atoms with Gasteiger partial charge in [0.25, 0.3) is 0 Å². The molecule has 0 bridgehead atoms. The molecule has 1 spiro atoms. The van der Waals surface area contributed by atoms with Gasteiger partial charge in [-0.25, -0.2) is 0 Å². The highest BCUT2D eigenvalue weighted by atomic mass is 32.2. The molecular formula is C12H14N2OS. The second kappa shape index (κ2) is 3.42. The van der Waals surface area contributed by atoms with Gasteiger partial charge in [0.2, 0.25) is 5.91 Å². The molecule has 3 N–H and O–H groups in total. The van der Waals surface area contributed by atoms with Crippen molar-refractivity contribution in [3.8, 4) is 0 Å². The average Bonchev–Trinajstić information content (AvgIpc) is 2.32. The van der Waals surface area contributed by atoms with Crippen LogP contribution in [0.3, 0.4) is 0 Å². The van der Waals surface area contributed by atoms with E-state index in [1.54, 1.807) is 11.8 Å². The van der Waals surface area contributed by atoms with Crippen LogP contribution in [0.25, 0.3) is 0 Å². The van der Waals surface area contributed by atoms with Crippen molar-refractivity contribution in [3.05, 3.63) is 18.2 Å². The van der Waals surface area contributed by atoms with E-state index in [9.17, 15) is 4.79 Å². The number of hydrogen-bond donors (Lipinski definition) is 2. The Labute approximate surface area is 98.8 Å². The molecule has 3 rings (SSSR count). The number of hydrogen-bond acceptors (Lipinski definition) is 3. The number of anilines is 2. The third kappa shape index (κ3) is 1.40. The molecule has 1 saturated carbocycles. The van der Waals surface area contributed by atoms with Crippen LogP contribution in [0.5, 0.6) is 0 Å². The summed E-state index contributed by atoms with van der Waals surface area (Å²) in [5.41, 5.74) is 7.19. The van der Waals surface area contributed by atoms with Gasteiger partial charge in [0.05, 0.1) is 11.1 Å². The average molecular weight is 234 g/mol. The Bertz CT molecular complexity index is 454. The number of benzene rings is 1. The fraction of sp³-hybridized carbons (Fsp3) is 0.417.